The Balaban J connectivity index is 1.91. The first-order valence-corrected chi connectivity index (χ1v) is 49.9. The van der Waals surface area contributed by atoms with Gasteiger partial charge in [-0.1, -0.05) is 361 Å². The first kappa shape index (κ1) is 110. The maximum Gasteiger partial charge on any atom is 0.472 e. The van der Waals surface area contributed by atoms with Crippen LogP contribution in [0, 0.1) is 0 Å². The molecule has 2 heterocycles. The van der Waals surface area contributed by atoms with Crippen LogP contribution in [0.5, 0.6) is 0 Å². The fourth-order valence-corrected chi connectivity index (χ4v) is 17.0. The third-order valence-corrected chi connectivity index (χ3v) is 24.8. The van der Waals surface area contributed by atoms with Gasteiger partial charge in [-0.2, -0.15) is 0 Å². The van der Waals surface area contributed by atoms with Crippen molar-refractivity contribution in [2.45, 2.75) is 530 Å². The number of aliphatic hydroxyl groups excluding tert-OH is 9. The first-order chi connectivity index (χ1) is 57.7. The molecule has 10 N–H and O–H groups in total. The summed E-state index contributed by atoms with van der Waals surface area (Å²) in [4.78, 5) is 66.5. The normalized spacial score (nSPS) is 24.8. The summed E-state index contributed by atoms with van der Waals surface area (Å²) in [7, 11) is -5.81. The van der Waals surface area contributed by atoms with Gasteiger partial charge in [-0.3, -0.25) is 28.2 Å². The van der Waals surface area contributed by atoms with Crippen LogP contribution in [-0.4, -0.2) is 205 Å². The summed E-state index contributed by atoms with van der Waals surface area (Å²) in [6, 6.07) is 0. The second-order valence-electron chi connectivity index (χ2n) is 34.6. The maximum atomic E-state index is 14.9. The third-order valence-electron chi connectivity index (χ3n) is 23.8. The van der Waals surface area contributed by atoms with Crippen molar-refractivity contribution in [1.82, 2.24) is 0 Å². The molecule has 0 aromatic heterocycles. The number of unbranched alkanes of at least 4 members (excludes halogenated alkanes) is 53. The molecular formula is C93H173O25P. The van der Waals surface area contributed by atoms with Crippen LogP contribution in [0.25, 0.3) is 0 Å². The van der Waals surface area contributed by atoms with Gasteiger partial charge in [0.25, 0.3) is 0 Å². The molecule has 0 bridgehead atoms. The Hall–Kier alpha value is -2.79. The van der Waals surface area contributed by atoms with Crippen molar-refractivity contribution >= 4 is 31.7 Å². The summed E-state index contributed by atoms with van der Waals surface area (Å²) in [6.07, 6.45) is 31.9. The largest absolute Gasteiger partial charge is 0.472 e. The minimum Gasteiger partial charge on any atom is -0.463 e. The average molecular weight is 1720 g/mol. The molecule has 18 atom stereocenters. The molecule has 1 aliphatic carbocycles. The van der Waals surface area contributed by atoms with Crippen molar-refractivity contribution in [3.8, 4) is 0 Å². The van der Waals surface area contributed by atoms with Gasteiger partial charge in [-0.25, -0.2) is 4.57 Å². The summed E-state index contributed by atoms with van der Waals surface area (Å²) in [5.74, 6) is -2.96. The molecule has 119 heavy (non-hydrogen) atoms. The van der Waals surface area contributed by atoms with Gasteiger partial charge >= 0.3 is 31.7 Å². The number of carbonyl (C=O) groups is 4. The van der Waals surface area contributed by atoms with Crippen molar-refractivity contribution in [3.05, 3.63) is 12.2 Å². The molecule has 0 spiro atoms. The number of carbonyl (C=O) groups excluding carboxylic acids is 4. The first-order valence-electron chi connectivity index (χ1n) is 48.4. The molecule has 25 nitrogen and oxygen atoms in total. The van der Waals surface area contributed by atoms with Crippen LogP contribution in [0.4, 0.5) is 0 Å². The quantitative estimate of drug-likeness (QED) is 0.00889. The monoisotopic (exact) mass is 1720 g/mol. The smallest absolute Gasteiger partial charge is 0.463 e. The minimum atomic E-state index is -5.81. The van der Waals surface area contributed by atoms with Gasteiger partial charge in [0, 0.05) is 25.7 Å². The van der Waals surface area contributed by atoms with E-state index < -0.39 is 162 Å². The number of allylic oxidation sites excluding steroid dienone is 2. The molecule has 0 amide bonds. The molecule has 700 valence electrons. The summed E-state index contributed by atoms with van der Waals surface area (Å²) in [6.45, 7) is 5.63. The topological polar surface area (TPSA) is 380 Å². The summed E-state index contributed by atoms with van der Waals surface area (Å²) < 4.78 is 73.5. The van der Waals surface area contributed by atoms with E-state index in [1.165, 1.54) is 212 Å². The van der Waals surface area contributed by atoms with E-state index in [1.54, 1.807) is 0 Å². The van der Waals surface area contributed by atoms with Gasteiger partial charge in [0.2, 0.25) is 0 Å². The zero-order chi connectivity index (χ0) is 86.8. The third kappa shape index (κ3) is 52.2. The van der Waals surface area contributed by atoms with E-state index in [1.807, 2.05) is 0 Å². The number of phosphoric ester groups is 1. The number of hydrogen-bond acceptors (Lipinski definition) is 24. The molecule has 26 heteroatoms. The van der Waals surface area contributed by atoms with Crippen molar-refractivity contribution < 1.29 is 122 Å². The van der Waals surface area contributed by atoms with Crippen molar-refractivity contribution in [3.63, 3.8) is 0 Å². The van der Waals surface area contributed by atoms with Crippen LogP contribution in [0.3, 0.4) is 0 Å². The lowest BCUT2D eigenvalue weighted by molar-refractivity contribution is -0.360. The fraction of sp³-hybridized carbons (Fsp3) is 0.935. The molecule has 18 unspecified atom stereocenters. The fourth-order valence-electron chi connectivity index (χ4n) is 16.1. The lowest BCUT2D eigenvalue weighted by atomic mass is 9.84. The van der Waals surface area contributed by atoms with Crippen LogP contribution in [0.2, 0.25) is 0 Å². The van der Waals surface area contributed by atoms with E-state index in [4.69, 9.17) is 46.9 Å². The Bertz CT molecular complexity index is 2520. The Morgan fingerprint density at radius 1 is 0.328 bits per heavy atom. The van der Waals surface area contributed by atoms with E-state index in [2.05, 4.69) is 39.8 Å². The SMILES string of the molecule is CCCCCCCC/C=C\CCCCCC(=O)OCC1OC(OC2C(OC(=O)CCCCCCCCCCCCCCCCCC)C(O)C(O)C(OC3OC(CO)C(O)C(O)C3O)C2OP(=O)(O)OCC(COC(=O)CCCCCCCCCCCCCCCCCC)OC(=O)CCCCCCCCCCCCCCCCC)C(O)C(O)C1O. The molecule has 0 aromatic rings. The average Bonchev–Trinajstić information content (AvgIpc) is 0.753. The molecular weight excluding hydrogens is 1550 g/mol. The van der Waals surface area contributed by atoms with E-state index >= 15 is 0 Å². The Morgan fingerprint density at radius 3 is 1.01 bits per heavy atom. The highest BCUT2D eigenvalue weighted by atomic mass is 31.2. The number of rotatable bonds is 79. The Kier molecular flexibility index (Phi) is 67.0. The molecule has 3 rings (SSSR count). The highest BCUT2D eigenvalue weighted by molar-refractivity contribution is 7.47. The van der Waals surface area contributed by atoms with Crippen LogP contribution >= 0.6 is 7.82 Å². The predicted octanol–water partition coefficient (Wildman–Crippen LogP) is 18.3. The number of ether oxygens (including phenoxy) is 8. The molecule has 0 radical (unpaired) electrons. The maximum absolute atomic E-state index is 14.9. The van der Waals surface area contributed by atoms with Crippen LogP contribution in [-0.2, 0) is 70.7 Å². The van der Waals surface area contributed by atoms with E-state index in [-0.39, 0.29) is 25.7 Å². The zero-order valence-corrected chi connectivity index (χ0v) is 75.6. The van der Waals surface area contributed by atoms with Crippen molar-refractivity contribution in [1.29, 1.82) is 0 Å². The van der Waals surface area contributed by atoms with Crippen LogP contribution in [0.1, 0.15) is 426 Å². The molecule has 3 fully saturated rings. The number of phosphoric acid groups is 1. The van der Waals surface area contributed by atoms with Crippen LogP contribution < -0.4 is 0 Å². The number of aliphatic hydroxyl groups is 9. The highest BCUT2D eigenvalue weighted by Crippen LogP contribution is 2.49. The molecule has 1 saturated carbocycles. The van der Waals surface area contributed by atoms with Crippen LogP contribution in [0.15, 0.2) is 12.2 Å². The predicted molar refractivity (Wildman–Crippen MR) is 463 cm³/mol. The van der Waals surface area contributed by atoms with Crippen molar-refractivity contribution in [2.24, 2.45) is 0 Å². The van der Waals surface area contributed by atoms with Gasteiger partial charge in [0.05, 0.1) is 13.2 Å². The molecule has 2 aliphatic heterocycles. The lowest BCUT2D eigenvalue weighted by Crippen LogP contribution is -2.70. The van der Waals surface area contributed by atoms with Crippen molar-refractivity contribution in [2.75, 3.05) is 26.4 Å². The van der Waals surface area contributed by atoms with Gasteiger partial charge < -0.3 is 88.7 Å². The second-order valence-corrected chi connectivity index (χ2v) is 36.0. The lowest BCUT2D eigenvalue weighted by Gasteiger charge is -2.50. The standard InChI is InChI=1S/C93H173O25P/c1-5-9-13-17-21-25-29-33-36-39-42-46-49-53-57-61-65-76(95)109-70-73(112-78(97)67-63-59-55-51-47-43-38-35-31-27-23-19-15-11-7-3)71-111-119(107,108)118-91-89(116-92-86(105)82(101)80(99)74(69-94)113-92)85(104)84(103)88(115-79(98)68-64-60-56-52-48-44-40-37-34-30-26-22-18-14-10-6-2)90(91)117-93-87(106)83(102)81(100)75(114-93)72-110-77(96)66-62-58-54-50-45-41-32-28-24-20-16-12-8-4/h41,45,73-75,80-94,99-106H,5-40,42-44,46-72H2,1-4H3,(H,107,108)/b45-41-. The number of hydrogen-bond donors (Lipinski definition) is 10. The zero-order valence-electron chi connectivity index (χ0n) is 74.7. The van der Waals surface area contributed by atoms with E-state index in [9.17, 15) is 74.6 Å². The minimum absolute atomic E-state index is 0.00415. The summed E-state index contributed by atoms with van der Waals surface area (Å²) in [5, 5.41) is 102. The van der Waals surface area contributed by atoms with Gasteiger partial charge in [-0.05, 0) is 51.4 Å². The Morgan fingerprint density at radius 2 is 0.630 bits per heavy atom. The van der Waals surface area contributed by atoms with E-state index in [0.29, 0.717) is 38.5 Å². The molecule has 0 aromatic carbocycles. The van der Waals surface area contributed by atoms with Gasteiger partial charge in [0.1, 0.15) is 92.6 Å². The van der Waals surface area contributed by atoms with Gasteiger partial charge in [0.15, 0.2) is 24.8 Å². The summed E-state index contributed by atoms with van der Waals surface area (Å²) in [5.41, 5.74) is 0. The second kappa shape index (κ2) is 72.3. The molecule has 2 saturated heterocycles. The molecule has 3 aliphatic rings. The Labute approximate surface area is 718 Å². The summed E-state index contributed by atoms with van der Waals surface area (Å²) >= 11 is 0. The highest BCUT2D eigenvalue weighted by Gasteiger charge is 2.60. The van der Waals surface area contributed by atoms with E-state index in [0.717, 1.165) is 122 Å². The van der Waals surface area contributed by atoms with Gasteiger partial charge in [-0.15, -0.1) is 0 Å². The number of esters is 4.